The first-order chi connectivity index (χ1) is 6.63. The predicted octanol–water partition coefficient (Wildman–Crippen LogP) is 2.84. The average Bonchev–Trinajstić information content (AvgIpc) is 2.18. The molecule has 1 aromatic carbocycles. The molecule has 0 aliphatic carbocycles. The molecule has 0 saturated carbocycles. The highest BCUT2D eigenvalue weighted by molar-refractivity contribution is 5.69. The summed E-state index contributed by atoms with van der Waals surface area (Å²) >= 11 is 0. The molecule has 0 unspecified atom stereocenters. The molecule has 0 aromatic heterocycles. The van der Waals surface area contributed by atoms with Crippen LogP contribution < -0.4 is 0 Å². The van der Waals surface area contributed by atoms with Crippen LogP contribution in [-0.2, 0) is 9.53 Å². The zero-order valence-corrected chi connectivity index (χ0v) is 8.29. The van der Waals surface area contributed by atoms with E-state index in [1.807, 2.05) is 0 Å². The van der Waals surface area contributed by atoms with Crippen molar-refractivity contribution >= 4 is 5.97 Å². The number of benzene rings is 1. The molecule has 1 aromatic rings. The number of rotatable bonds is 3. The van der Waals surface area contributed by atoms with Gasteiger partial charge in [-0.25, -0.2) is 4.39 Å². The predicted molar refractivity (Wildman–Crippen MR) is 51.2 cm³/mol. The van der Waals surface area contributed by atoms with Crippen LogP contribution in [-0.4, -0.2) is 5.97 Å². The fraction of sp³-hybridized carbons (Fsp3) is 0.364. The number of carbonyl (C=O) groups is 1. The lowest BCUT2D eigenvalue weighted by Crippen LogP contribution is -2.07. The Morgan fingerprint density at radius 1 is 1.43 bits per heavy atom. The van der Waals surface area contributed by atoms with E-state index < -0.39 is 0 Å². The van der Waals surface area contributed by atoms with Crippen molar-refractivity contribution in [2.45, 2.75) is 26.4 Å². The maximum atomic E-state index is 12.6. The number of carbonyl (C=O) groups excluding carboxylic acids is 1. The van der Waals surface area contributed by atoms with Crippen LogP contribution in [0.4, 0.5) is 4.39 Å². The molecule has 1 atom stereocenters. The highest BCUT2D eigenvalue weighted by Gasteiger charge is 2.09. The van der Waals surface area contributed by atoms with Crippen LogP contribution in [0.3, 0.4) is 0 Å². The van der Waals surface area contributed by atoms with Crippen LogP contribution in [0.25, 0.3) is 0 Å². The number of hydrogen-bond acceptors (Lipinski definition) is 2. The van der Waals surface area contributed by atoms with Crippen molar-refractivity contribution < 1.29 is 13.9 Å². The van der Waals surface area contributed by atoms with E-state index in [0.29, 0.717) is 6.42 Å². The molecule has 0 radical (unpaired) electrons. The van der Waals surface area contributed by atoms with Gasteiger partial charge in [0.2, 0.25) is 0 Å². The Bertz CT molecular complexity index is 306. The van der Waals surface area contributed by atoms with E-state index in [1.54, 1.807) is 26.0 Å². The molecule has 0 fully saturated rings. The van der Waals surface area contributed by atoms with Gasteiger partial charge in [0.25, 0.3) is 0 Å². The van der Waals surface area contributed by atoms with E-state index in [0.717, 1.165) is 5.56 Å². The lowest BCUT2D eigenvalue weighted by molar-refractivity contribution is -0.148. The van der Waals surface area contributed by atoms with E-state index in [-0.39, 0.29) is 17.9 Å². The van der Waals surface area contributed by atoms with Gasteiger partial charge >= 0.3 is 5.97 Å². The SMILES string of the molecule is CCC(=O)O[C@@H](C)c1ccc(F)cc1. The van der Waals surface area contributed by atoms with E-state index in [1.165, 1.54) is 12.1 Å². The van der Waals surface area contributed by atoms with E-state index in [9.17, 15) is 9.18 Å². The Morgan fingerprint density at radius 2 is 2.00 bits per heavy atom. The van der Waals surface area contributed by atoms with Gasteiger partial charge in [-0.2, -0.15) is 0 Å². The Balaban J connectivity index is 2.65. The third kappa shape index (κ3) is 2.83. The standard InChI is InChI=1S/C11H13FO2/c1-3-11(13)14-8(2)9-4-6-10(12)7-5-9/h4-8H,3H2,1-2H3/t8-/m0/s1. The second kappa shape index (κ2) is 4.74. The molecule has 2 nitrogen and oxygen atoms in total. The molecule has 0 N–H and O–H groups in total. The molecule has 0 amide bonds. The third-order valence-electron chi connectivity index (χ3n) is 1.94. The van der Waals surface area contributed by atoms with Crippen molar-refractivity contribution in [3.05, 3.63) is 35.6 Å². The van der Waals surface area contributed by atoms with Crippen LogP contribution >= 0.6 is 0 Å². The summed E-state index contributed by atoms with van der Waals surface area (Å²) in [5.74, 6) is -0.537. The van der Waals surface area contributed by atoms with Gasteiger partial charge < -0.3 is 4.74 Å². The van der Waals surface area contributed by atoms with Crippen molar-refractivity contribution in [3.8, 4) is 0 Å². The lowest BCUT2D eigenvalue weighted by atomic mass is 10.1. The van der Waals surface area contributed by atoms with Crippen LogP contribution in [0.15, 0.2) is 24.3 Å². The Kier molecular flexibility index (Phi) is 3.63. The zero-order chi connectivity index (χ0) is 10.6. The quantitative estimate of drug-likeness (QED) is 0.695. The second-order valence-corrected chi connectivity index (χ2v) is 3.04. The summed E-state index contributed by atoms with van der Waals surface area (Å²) in [5.41, 5.74) is 0.799. The summed E-state index contributed by atoms with van der Waals surface area (Å²) in [5, 5.41) is 0. The largest absolute Gasteiger partial charge is 0.458 e. The van der Waals surface area contributed by atoms with Crippen LogP contribution in [0.1, 0.15) is 31.9 Å². The van der Waals surface area contributed by atoms with Crippen molar-refractivity contribution in [1.29, 1.82) is 0 Å². The molecule has 0 heterocycles. The molecule has 76 valence electrons. The number of halogens is 1. The fourth-order valence-corrected chi connectivity index (χ4v) is 1.08. The topological polar surface area (TPSA) is 26.3 Å². The van der Waals surface area contributed by atoms with E-state index >= 15 is 0 Å². The highest BCUT2D eigenvalue weighted by Crippen LogP contribution is 2.17. The molecular weight excluding hydrogens is 183 g/mol. The Hall–Kier alpha value is -1.38. The molecule has 0 spiro atoms. The van der Waals surface area contributed by atoms with Crippen LogP contribution in [0.5, 0.6) is 0 Å². The van der Waals surface area contributed by atoms with E-state index in [4.69, 9.17) is 4.74 Å². The third-order valence-corrected chi connectivity index (χ3v) is 1.94. The minimum Gasteiger partial charge on any atom is -0.458 e. The molecule has 0 aliphatic heterocycles. The van der Waals surface area contributed by atoms with Gasteiger partial charge in [-0.1, -0.05) is 19.1 Å². The average molecular weight is 196 g/mol. The zero-order valence-electron chi connectivity index (χ0n) is 8.29. The normalized spacial score (nSPS) is 12.2. The molecule has 14 heavy (non-hydrogen) atoms. The van der Waals surface area contributed by atoms with Gasteiger partial charge in [-0.15, -0.1) is 0 Å². The minimum atomic E-state index is -0.317. The Morgan fingerprint density at radius 3 is 2.50 bits per heavy atom. The lowest BCUT2D eigenvalue weighted by Gasteiger charge is -2.12. The van der Waals surface area contributed by atoms with Crippen molar-refractivity contribution in [3.63, 3.8) is 0 Å². The van der Waals surface area contributed by atoms with Crippen molar-refractivity contribution in [1.82, 2.24) is 0 Å². The monoisotopic (exact) mass is 196 g/mol. The van der Waals surface area contributed by atoms with Gasteiger partial charge in [0.05, 0.1) is 0 Å². The van der Waals surface area contributed by atoms with Gasteiger partial charge in [-0.3, -0.25) is 4.79 Å². The Labute approximate surface area is 82.7 Å². The van der Waals surface area contributed by atoms with Gasteiger partial charge in [0, 0.05) is 6.42 Å². The summed E-state index contributed by atoms with van der Waals surface area (Å²) in [6.07, 6.45) is 0.0361. The maximum absolute atomic E-state index is 12.6. The molecule has 3 heteroatoms. The van der Waals surface area contributed by atoms with Crippen LogP contribution in [0, 0.1) is 5.82 Å². The number of ether oxygens (including phenoxy) is 1. The van der Waals surface area contributed by atoms with Gasteiger partial charge in [0.1, 0.15) is 11.9 Å². The van der Waals surface area contributed by atoms with Gasteiger partial charge in [-0.05, 0) is 24.6 Å². The first-order valence-electron chi connectivity index (χ1n) is 4.58. The smallest absolute Gasteiger partial charge is 0.306 e. The molecule has 0 bridgehead atoms. The molecule has 0 saturated heterocycles. The van der Waals surface area contributed by atoms with Crippen molar-refractivity contribution in [2.24, 2.45) is 0 Å². The van der Waals surface area contributed by atoms with Crippen LogP contribution in [0.2, 0.25) is 0 Å². The first kappa shape index (κ1) is 10.7. The van der Waals surface area contributed by atoms with Gasteiger partial charge in [0.15, 0.2) is 0 Å². The summed E-state index contributed by atoms with van der Waals surface area (Å²) in [6.45, 7) is 3.50. The summed E-state index contributed by atoms with van der Waals surface area (Å²) in [7, 11) is 0. The summed E-state index contributed by atoms with van der Waals surface area (Å²) in [4.78, 5) is 11.0. The minimum absolute atomic E-state index is 0.248. The molecular formula is C11H13FO2. The van der Waals surface area contributed by atoms with E-state index in [2.05, 4.69) is 0 Å². The maximum Gasteiger partial charge on any atom is 0.306 e. The van der Waals surface area contributed by atoms with Crippen molar-refractivity contribution in [2.75, 3.05) is 0 Å². The molecule has 0 aliphatic rings. The second-order valence-electron chi connectivity index (χ2n) is 3.04. The summed E-state index contributed by atoms with van der Waals surface area (Å²) in [6, 6.07) is 5.93. The number of hydrogen-bond donors (Lipinski definition) is 0. The fourth-order valence-electron chi connectivity index (χ4n) is 1.08. The highest BCUT2D eigenvalue weighted by atomic mass is 19.1. The molecule has 1 rings (SSSR count). The first-order valence-corrected chi connectivity index (χ1v) is 4.58. The summed E-state index contributed by atoms with van der Waals surface area (Å²) < 4.78 is 17.6. The number of esters is 1.